The van der Waals surface area contributed by atoms with Gasteiger partial charge in [0, 0.05) is 30.1 Å². The van der Waals surface area contributed by atoms with E-state index in [9.17, 15) is 14.7 Å². The molecule has 3 aromatic rings. The molecule has 0 bridgehead atoms. The molecule has 0 aliphatic rings. The largest absolute Gasteiger partial charge is 0.508 e. The first kappa shape index (κ1) is 24.0. The normalized spacial score (nSPS) is 12.8. The Kier molecular flexibility index (Phi) is 7.48. The zero-order valence-electron chi connectivity index (χ0n) is 19.2. The number of Topliss-reactive ketones (excluding diaryl/α,β-unsaturated/α-hetero) is 1. The number of rotatable bonds is 10. The number of carbonyl (C=O) groups excluding carboxylic acids is 1. The fraction of sp³-hybridized carbons (Fsp3) is 0.296. The minimum atomic E-state index is -0.862. The van der Waals surface area contributed by atoms with Gasteiger partial charge in [-0.1, -0.05) is 44.2 Å². The number of carbonyl (C=O) groups is 2. The standard InChI is InChI=1S/C27H30N2O4/c1-4-21(24-12-10-19(29-24)13-17(3)27(32)33)26(28)25(31)14-18-9-11-20(30)15-23(18)22-8-6-5-7-16(22)2/h5-12,15,17,21,28-30H,4,13-14H2,1-3H3,(H,32,33). The van der Waals surface area contributed by atoms with E-state index < -0.39 is 17.8 Å². The van der Waals surface area contributed by atoms with Crippen LogP contribution in [0.4, 0.5) is 0 Å². The molecule has 1 heterocycles. The molecule has 4 N–H and O–H groups in total. The molecule has 2 atom stereocenters. The van der Waals surface area contributed by atoms with Crippen LogP contribution in [0.5, 0.6) is 5.75 Å². The Hall–Kier alpha value is -3.67. The van der Waals surface area contributed by atoms with Gasteiger partial charge in [0.2, 0.25) is 0 Å². The summed E-state index contributed by atoms with van der Waals surface area (Å²) < 4.78 is 0. The second-order valence-electron chi connectivity index (χ2n) is 8.51. The van der Waals surface area contributed by atoms with Gasteiger partial charge in [0.1, 0.15) is 5.75 Å². The number of hydrogen-bond acceptors (Lipinski definition) is 4. The number of aryl methyl sites for hydroxylation is 1. The van der Waals surface area contributed by atoms with Crippen LogP contribution in [0.2, 0.25) is 0 Å². The van der Waals surface area contributed by atoms with Crippen LogP contribution < -0.4 is 0 Å². The van der Waals surface area contributed by atoms with Crippen LogP contribution >= 0.6 is 0 Å². The predicted molar refractivity (Wildman–Crippen MR) is 129 cm³/mol. The maximum Gasteiger partial charge on any atom is 0.306 e. The third-order valence-electron chi connectivity index (χ3n) is 6.03. The first-order chi connectivity index (χ1) is 15.7. The number of aromatic nitrogens is 1. The van der Waals surface area contributed by atoms with E-state index >= 15 is 0 Å². The maximum absolute atomic E-state index is 13.1. The topological polar surface area (TPSA) is 114 Å². The number of ketones is 1. The van der Waals surface area contributed by atoms with Crippen molar-refractivity contribution in [2.75, 3.05) is 0 Å². The molecule has 0 amide bonds. The van der Waals surface area contributed by atoms with E-state index in [1.54, 1.807) is 25.1 Å². The van der Waals surface area contributed by atoms with Crippen molar-refractivity contribution in [3.05, 3.63) is 77.1 Å². The van der Waals surface area contributed by atoms with Crippen LogP contribution in [0.25, 0.3) is 11.1 Å². The lowest BCUT2D eigenvalue weighted by Crippen LogP contribution is -2.23. The van der Waals surface area contributed by atoms with Crippen molar-refractivity contribution < 1.29 is 19.8 Å². The molecule has 0 saturated carbocycles. The summed E-state index contributed by atoms with van der Waals surface area (Å²) >= 11 is 0. The average molecular weight is 447 g/mol. The molecule has 0 spiro atoms. The lowest BCUT2D eigenvalue weighted by Gasteiger charge is -2.16. The summed E-state index contributed by atoms with van der Waals surface area (Å²) in [5, 5.41) is 27.8. The highest BCUT2D eigenvalue weighted by atomic mass is 16.4. The lowest BCUT2D eigenvalue weighted by atomic mass is 9.88. The van der Waals surface area contributed by atoms with Gasteiger partial charge in [-0.15, -0.1) is 0 Å². The highest BCUT2D eigenvalue weighted by Crippen LogP contribution is 2.31. The van der Waals surface area contributed by atoms with Crippen LogP contribution in [0, 0.1) is 18.3 Å². The van der Waals surface area contributed by atoms with Gasteiger partial charge in [-0.3, -0.25) is 9.59 Å². The third kappa shape index (κ3) is 5.58. The van der Waals surface area contributed by atoms with Crippen LogP contribution in [0.1, 0.15) is 48.7 Å². The number of nitrogens with one attached hydrogen (secondary N) is 2. The molecule has 0 aliphatic carbocycles. The molecule has 1 aromatic heterocycles. The fourth-order valence-electron chi connectivity index (χ4n) is 4.09. The number of carboxylic acid groups (broad SMARTS) is 1. The van der Waals surface area contributed by atoms with E-state index in [2.05, 4.69) is 4.98 Å². The number of phenols is 1. The van der Waals surface area contributed by atoms with Gasteiger partial charge in [0.15, 0.2) is 5.78 Å². The number of aliphatic carboxylic acids is 1. The zero-order valence-corrected chi connectivity index (χ0v) is 19.2. The van der Waals surface area contributed by atoms with Gasteiger partial charge in [-0.05, 0) is 59.9 Å². The summed E-state index contributed by atoms with van der Waals surface area (Å²) in [6.07, 6.45) is 0.989. The maximum atomic E-state index is 13.1. The van der Waals surface area contributed by atoms with Gasteiger partial charge in [-0.2, -0.15) is 0 Å². The Morgan fingerprint density at radius 1 is 1.06 bits per heavy atom. The number of phenolic OH excluding ortho intramolecular Hbond substituents is 1. The van der Waals surface area contributed by atoms with Gasteiger partial charge in [0.25, 0.3) is 0 Å². The first-order valence-corrected chi connectivity index (χ1v) is 11.1. The quantitative estimate of drug-likeness (QED) is 0.317. The second kappa shape index (κ2) is 10.3. The predicted octanol–water partition coefficient (Wildman–Crippen LogP) is 5.28. The SMILES string of the molecule is CCC(C(=N)C(=O)Cc1ccc(O)cc1-c1ccccc1C)c1ccc(CC(C)C(=O)O)[nH]1. The van der Waals surface area contributed by atoms with E-state index in [4.69, 9.17) is 10.5 Å². The number of benzene rings is 2. The smallest absolute Gasteiger partial charge is 0.306 e. The molecule has 172 valence electrons. The number of aromatic hydroxyl groups is 1. The van der Waals surface area contributed by atoms with Crippen molar-refractivity contribution in [1.29, 1.82) is 5.41 Å². The highest BCUT2D eigenvalue weighted by Gasteiger charge is 2.24. The monoisotopic (exact) mass is 446 g/mol. The Balaban J connectivity index is 1.82. The number of hydrogen-bond donors (Lipinski definition) is 4. The van der Waals surface area contributed by atoms with Gasteiger partial charge in [-0.25, -0.2) is 0 Å². The molecular weight excluding hydrogens is 416 g/mol. The summed E-state index contributed by atoms with van der Waals surface area (Å²) in [4.78, 5) is 27.5. The lowest BCUT2D eigenvalue weighted by molar-refractivity contribution is -0.141. The molecule has 3 rings (SSSR count). The third-order valence-corrected chi connectivity index (χ3v) is 6.03. The molecule has 2 unspecified atom stereocenters. The molecule has 33 heavy (non-hydrogen) atoms. The van der Waals surface area contributed by atoms with Crippen LogP contribution in [-0.4, -0.2) is 32.7 Å². The summed E-state index contributed by atoms with van der Waals surface area (Å²) in [5.41, 5.74) is 5.05. The van der Waals surface area contributed by atoms with Crippen molar-refractivity contribution in [3.63, 3.8) is 0 Å². The minimum absolute atomic E-state index is 0.0148. The summed E-state index contributed by atoms with van der Waals surface area (Å²) in [7, 11) is 0. The van der Waals surface area contributed by atoms with Crippen molar-refractivity contribution in [1.82, 2.24) is 4.98 Å². The van der Waals surface area contributed by atoms with E-state index in [-0.39, 0.29) is 23.7 Å². The molecule has 0 saturated heterocycles. The van der Waals surface area contributed by atoms with Crippen molar-refractivity contribution in [2.45, 2.75) is 46.0 Å². The van der Waals surface area contributed by atoms with E-state index in [0.717, 1.165) is 33.6 Å². The molecule has 0 radical (unpaired) electrons. The minimum Gasteiger partial charge on any atom is -0.508 e. The number of aromatic amines is 1. The van der Waals surface area contributed by atoms with Gasteiger partial charge < -0.3 is 20.6 Å². The van der Waals surface area contributed by atoms with Crippen LogP contribution in [-0.2, 0) is 22.4 Å². The summed E-state index contributed by atoms with van der Waals surface area (Å²) in [6.45, 7) is 5.55. The number of H-pyrrole nitrogens is 1. The van der Waals surface area contributed by atoms with Crippen molar-refractivity contribution >= 4 is 17.5 Å². The Labute approximate surface area is 193 Å². The molecule has 0 aliphatic heterocycles. The van der Waals surface area contributed by atoms with Gasteiger partial charge in [0.05, 0.1) is 11.6 Å². The second-order valence-corrected chi connectivity index (χ2v) is 8.51. The Morgan fingerprint density at radius 3 is 2.45 bits per heavy atom. The number of carboxylic acids is 1. The average Bonchev–Trinajstić information content (AvgIpc) is 3.23. The molecule has 0 fully saturated rings. The molecule has 6 nitrogen and oxygen atoms in total. The van der Waals surface area contributed by atoms with Crippen molar-refractivity contribution in [3.8, 4) is 16.9 Å². The van der Waals surface area contributed by atoms with E-state index in [0.29, 0.717) is 12.8 Å². The van der Waals surface area contributed by atoms with Crippen LogP contribution in [0.3, 0.4) is 0 Å². The first-order valence-electron chi connectivity index (χ1n) is 11.1. The summed E-state index contributed by atoms with van der Waals surface area (Å²) in [5.74, 6) is -1.94. The zero-order chi connectivity index (χ0) is 24.1. The fourth-order valence-corrected chi connectivity index (χ4v) is 4.09. The summed E-state index contributed by atoms with van der Waals surface area (Å²) in [6, 6.07) is 16.4. The van der Waals surface area contributed by atoms with E-state index in [1.165, 1.54) is 0 Å². The molecule has 6 heteroatoms. The van der Waals surface area contributed by atoms with Gasteiger partial charge >= 0.3 is 5.97 Å². The Bertz CT molecular complexity index is 1180. The van der Waals surface area contributed by atoms with Crippen molar-refractivity contribution in [2.24, 2.45) is 5.92 Å². The Morgan fingerprint density at radius 2 is 1.79 bits per heavy atom. The highest BCUT2D eigenvalue weighted by molar-refractivity contribution is 6.41. The van der Waals surface area contributed by atoms with E-state index in [1.807, 2.05) is 50.2 Å². The molecular formula is C27H30N2O4. The van der Waals surface area contributed by atoms with Crippen LogP contribution in [0.15, 0.2) is 54.6 Å². The molecule has 2 aromatic carbocycles.